The Morgan fingerprint density at radius 3 is 2.33 bits per heavy atom. The second-order valence-electron chi connectivity index (χ2n) is 3.76. The van der Waals surface area contributed by atoms with E-state index >= 15 is 0 Å². The van der Waals surface area contributed by atoms with Crippen molar-refractivity contribution in [3.63, 3.8) is 0 Å². The quantitative estimate of drug-likeness (QED) is 0.656. The van der Waals surface area contributed by atoms with Crippen LogP contribution in [0.2, 0.25) is 0 Å². The number of ether oxygens (including phenoxy) is 2. The van der Waals surface area contributed by atoms with Crippen molar-refractivity contribution >= 4 is 6.09 Å². The molecule has 1 aromatic rings. The third-order valence-corrected chi connectivity index (χ3v) is 2.43. The van der Waals surface area contributed by atoms with Gasteiger partial charge in [0.05, 0.1) is 7.11 Å². The number of aliphatic hydroxyl groups excluding tert-OH is 1. The lowest BCUT2D eigenvalue weighted by molar-refractivity contribution is -0.0537. The van der Waals surface area contributed by atoms with Crippen LogP contribution < -0.4 is 10.5 Å². The molecule has 1 atom stereocenters. The molecular formula is C12H17NO5. The average Bonchev–Trinajstić information content (AvgIpc) is 2.34. The molecule has 1 amide bonds. The molecule has 0 saturated carbocycles. The van der Waals surface area contributed by atoms with E-state index in [1.54, 1.807) is 31.4 Å². The molecule has 0 fully saturated rings. The standard InChI is InChI=1S/C12H17NO5/c1-17-9-4-2-8(3-5-9)10(18-12(13)16)6-7-11(14)15/h2-5,10-11,14-15H,6-7H2,1H3,(H2,13,16). The number of rotatable bonds is 6. The highest BCUT2D eigenvalue weighted by Gasteiger charge is 2.16. The van der Waals surface area contributed by atoms with Crippen molar-refractivity contribution in [1.29, 1.82) is 0 Å². The van der Waals surface area contributed by atoms with E-state index in [4.69, 9.17) is 25.4 Å². The van der Waals surface area contributed by atoms with E-state index in [-0.39, 0.29) is 12.8 Å². The van der Waals surface area contributed by atoms with E-state index in [9.17, 15) is 4.79 Å². The van der Waals surface area contributed by atoms with Gasteiger partial charge in [0.25, 0.3) is 0 Å². The minimum Gasteiger partial charge on any atom is -0.497 e. The van der Waals surface area contributed by atoms with Crippen molar-refractivity contribution in [2.24, 2.45) is 5.73 Å². The lowest BCUT2D eigenvalue weighted by atomic mass is 10.0. The molecule has 0 bridgehead atoms. The summed E-state index contributed by atoms with van der Waals surface area (Å²) in [6.07, 6.45) is -2.59. The number of carbonyl (C=O) groups is 1. The smallest absolute Gasteiger partial charge is 0.405 e. The summed E-state index contributed by atoms with van der Waals surface area (Å²) in [6, 6.07) is 6.91. The van der Waals surface area contributed by atoms with E-state index in [0.717, 1.165) is 5.56 Å². The molecule has 0 aromatic heterocycles. The van der Waals surface area contributed by atoms with E-state index < -0.39 is 18.5 Å². The average molecular weight is 255 g/mol. The molecule has 0 aliphatic rings. The van der Waals surface area contributed by atoms with Gasteiger partial charge < -0.3 is 25.4 Å². The van der Waals surface area contributed by atoms with Crippen molar-refractivity contribution in [3.8, 4) is 5.75 Å². The highest BCUT2D eigenvalue weighted by atomic mass is 16.6. The molecule has 1 unspecified atom stereocenters. The third-order valence-electron chi connectivity index (χ3n) is 2.43. The van der Waals surface area contributed by atoms with Crippen LogP contribution in [-0.2, 0) is 4.74 Å². The van der Waals surface area contributed by atoms with Gasteiger partial charge in [-0.25, -0.2) is 4.79 Å². The molecular weight excluding hydrogens is 238 g/mol. The maximum Gasteiger partial charge on any atom is 0.405 e. The fourth-order valence-electron chi connectivity index (χ4n) is 1.55. The van der Waals surface area contributed by atoms with Crippen LogP contribution in [0.5, 0.6) is 5.75 Å². The highest BCUT2D eigenvalue weighted by molar-refractivity contribution is 5.65. The molecule has 0 spiro atoms. The fourth-order valence-corrected chi connectivity index (χ4v) is 1.55. The number of primary amides is 1. The van der Waals surface area contributed by atoms with Crippen molar-refractivity contribution in [2.45, 2.75) is 25.2 Å². The predicted octanol–water partition coefficient (Wildman–Crippen LogP) is 0.923. The Hall–Kier alpha value is -1.79. The lowest BCUT2D eigenvalue weighted by Gasteiger charge is -2.17. The number of hydrogen-bond donors (Lipinski definition) is 3. The number of benzene rings is 1. The summed E-state index contributed by atoms with van der Waals surface area (Å²) in [7, 11) is 1.55. The van der Waals surface area contributed by atoms with Gasteiger partial charge in [0.15, 0.2) is 6.29 Å². The van der Waals surface area contributed by atoms with Crippen molar-refractivity contribution in [1.82, 2.24) is 0 Å². The van der Waals surface area contributed by atoms with Gasteiger partial charge in [-0.1, -0.05) is 12.1 Å². The maximum absolute atomic E-state index is 10.8. The molecule has 4 N–H and O–H groups in total. The van der Waals surface area contributed by atoms with Crippen LogP contribution in [-0.4, -0.2) is 29.7 Å². The zero-order chi connectivity index (χ0) is 13.5. The summed E-state index contributed by atoms with van der Waals surface area (Å²) in [6.45, 7) is 0. The lowest BCUT2D eigenvalue weighted by Crippen LogP contribution is -2.19. The molecule has 0 saturated heterocycles. The maximum atomic E-state index is 10.8. The SMILES string of the molecule is COc1ccc(C(CCC(O)O)OC(N)=O)cc1. The Morgan fingerprint density at radius 2 is 1.89 bits per heavy atom. The zero-order valence-corrected chi connectivity index (χ0v) is 10.1. The monoisotopic (exact) mass is 255 g/mol. The molecule has 100 valence electrons. The van der Waals surface area contributed by atoms with Gasteiger partial charge in [-0.05, 0) is 24.1 Å². The first kappa shape index (κ1) is 14.3. The molecule has 6 heteroatoms. The minimum atomic E-state index is -1.44. The molecule has 18 heavy (non-hydrogen) atoms. The van der Waals surface area contributed by atoms with Crippen LogP contribution in [0.15, 0.2) is 24.3 Å². The van der Waals surface area contributed by atoms with Gasteiger partial charge >= 0.3 is 6.09 Å². The summed E-state index contributed by atoms with van der Waals surface area (Å²) in [4.78, 5) is 10.8. The van der Waals surface area contributed by atoms with Crippen LogP contribution in [0.3, 0.4) is 0 Å². The van der Waals surface area contributed by atoms with Gasteiger partial charge in [0, 0.05) is 6.42 Å². The highest BCUT2D eigenvalue weighted by Crippen LogP contribution is 2.25. The largest absolute Gasteiger partial charge is 0.497 e. The molecule has 0 aliphatic heterocycles. The Bertz CT molecular complexity index is 377. The molecule has 1 rings (SSSR count). The number of aliphatic hydroxyl groups is 2. The summed E-state index contributed by atoms with van der Waals surface area (Å²) in [5, 5.41) is 17.7. The minimum absolute atomic E-state index is 0.0873. The Labute approximate surface area is 105 Å². The Balaban J connectivity index is 2.76. The first-order chi connectivity index (χ1) is 8.52. The Morgan fingerprint density at radius 1 is 1.28 bits per heavy atom. The fraction of sp³-hybridized carbons (Fsp3) is 0.417. The summed E-state index contributed by atoms with van der Waals surface area (Å²) < 4.78 is 9.95. The van der Waals surface area contributed by atoms with Crippen molar-refractivity contribution in [3.05, 3.63) is 29.8 Å². The van der Waals surface area contributed by atoms with Crippen LogP contribution in [0.4, 0.5) is 4.79 Å². The predicted molar refractivity (Wildman–Crippen MR) is 63.9 cm³/mol. The van der Waals surface area contributed by atoms with E-state index in [0.29, 0.717) is 5.75 Å². The third kappa shape index (κ3) is 4.60. The second kappa shape index (κ2) is 6.83. The molecule has 6 nitrogen and oxygen atoms in total. The van der Waals surface area contributed by atoms with Gasteiger partial charge in [0.2, 0.25) is 0 Å². The van der Waals surface area contributed by atoms with E-state index in [2.05, 4.69) is 0 Å². The summed E-state index contributed by atoms with van der Waals surface area (Å²) in [5.41, 5.74) is 5.70. The van der Waals surface area contributed by atoms with Crippen molar-refractivity contribution < 1.29 is 24.5 Å². The number of amides is 1. The first-order valence-electron chi connectivity index (χ1n) is 5.49. The number of nitrogens with two attached hydrogens (primary N) is 1. The summed E-state index contributed by atoms with van der Waals surface area (Å²) in [5.74, 6) is 0.679. The zero-order valence-electron chi connectivity index (χ0n) is 10.1. The number of methoxy groups -OCH3 is 1. The van der Waals surface area contributed by atoms with Gasteiger partial charge in [-0.3, -0.25) is 0 Å². The van der Waals surface area contributed by atoms with Gasteiger partial charge in [-0.2, -0.15) is 0 Å². The molecule has 0 heterocycles. The van der Waals surface area contributed by atoms with E-state index in [1.165, 1.54) is 0 Å². The topological polar surface area (TPSA) is 102 Å². The van der Waals surface area contributed by atoms with Gasteiger partial charge in [0.1, 0.15) is 11.9 Å². The van der Waals surface area contributed by atoms with Crippen LogP contribution in [0, 0.1) is 0 Å². The molecule has 1 aromatic carbocycles. The van der Waals surface area contributed by atoms with Gasteiger partial charge in [-0.15, -0.1) is 0 Å². The second-order valence-corrected chi connectivity index (χ2v) is 3.76. The molecule has 0 aliphatic carbocycles. The van der Waals surface area contributed by atoms with Crippen molar-refractivity contribution in [2.75, 3.05) is 7.11 Å². The van der Waals surface area contributed by atoms with Crippen LogP contribution in [0.1, 0.15) is 24.5 Å². The van der Waals surface area contributed by atoms with Crippen LogP contribution in [0.25, 0.3) is 0 Å². The number of hydrogen-bond acceptors (Lipinski definition) is 5. The normalized spacial score (nSPS) is 12.2. The van der Waals surface area contributed by atoms with E-state index in [1.807, 2.05) is 0 Å². The number of carbonyl (C=O) groups excluding carboxylic acids is 1. The summed E-state index contributed by atoms with van der Waals surface area (Å²) >= 11 is 0. The first-order valence-corrected chi connectivity index (χ1v) is 5.49. The Kier molecular flexibility index (Phi) is 5.41. The molecule has 0 radical (unpaired) electrons. The van der Waals surface area contributed by atoms with Crippen LogP contribution >= 0.6 is 0 Å².